The second-order valence-corrected chi connectivity index (χ2v) is 14.6. The van der Waals surface area contributed by atoms with Gasteiger partial charge in [-0.2, -0.15) is 5.26 Å². The summed E-state index contributed by atoms with van der Waals surface area (Å²) >= 11 is 1.38. The van der Waals surface area contributed by atoms with E-state index in [1.807, 2.05) is 24.3 Å². The van der Waals surface area contributed by atoms with E-state index in [0.29, 0.717) is 37.5 Å². The highest BCUT2D eigenvalue weighted by atomic mass is 32.2. The predicted octanol–water partition coefficient (Wildman–Crippen LogP) is 3.95. The summed E-state index contributed by atoms with van der Waals surface area (Å²) in [5.74, 6) is -3.07. The van der Waals surface area contributed by atoms with Gasteiger partial charge in [0.1, 0.15) is 5.54 Å². The highest BCUT2D eigenvalue weighted by Gasteiger charge is 2.48. The first-order valence-electron chi connectivity index (χ1n) is 13.5. The summed E-state index contributed by atoms with van der Waals surface area (Å²) in [5, 5.41) is 13.0. The molecule has 4 fully saturated rings. The molecule has 4 aliphatic rings. The molecule has 208 valence electrons. The van der Waals surface area contributed by atoms with E-state index in [1.54, 1.807) is 4.90 Å². The van der Waals surface area contributed by atoms with Crippen molar-refractivity contribution in [3.05, 3.63) is 30.0 Å². The Hall–Kier alpha value is -2.78. The van der Waals surface area contributed by atoms with Crippen molar-refractivity contribution in [1.29, 1.82) is 5.26 Å². The molecule has 0 spiro atoms. The Morgan fingerprint density at radius 2 is 1.74 bits per heavy atom. The number of thiazole rings is 1. The van der Waals surface area contributed by atoms with Crippen LogP contribution in [0.3, 0.4) is 0 Å². The number of amides is 1. The van der Waals surface area contributed by atoms with Crippen molar-refractivity contribution in [2.24, 2.45) is 5.92 Å². The van der Waals surface area contributed by atoms with E-state index in [4.69, 9.17) is 4.98 Å². The molecule has 6 rings (SSSR count). The number of carbonyl (C=O) groups is 1. The standard InChI is InChI=1S/C27H31F2N5O3S2/c28-27(29)16-34(17-27)25-31-22(20-3-1-2-4-21(20)24(35)32-26(15-30)9-10-26)23(38-25)18-5-7-19(8-6-18)33-11-13-39(36,37)14-12-33/h5-8,20-21H,1-4,9-14,16-17H2,(H,32,35)/t20-,21-/m1/s1. The fourth-order valence-corrected chi connectivity index (χ4v) is 8.19. The van der Waals surface area contributed by atoms with Gasteiger partial charge >= 0.3 is 0 Å². The summed E-state index contributed by atoms with van der Waals surface area (Å²) in [5.41, 5.74) is 1.85. The summed E-state index contributed by atoms with van der Waals surface area (Å²) in [6, 6.07) is 10.1. The minimum atomic E-state index is -2.98. The van der Waals surface area contributed by atoms with E-state index in [9.17, 15) is 27.3 Å². The molecular weight excluding hydrogens is 544 g/mol. The van der Waals surface area contributed by atoms with Crippen LogP contribution in [0.4, 0.5) is 19.6 Å². The van der Waals surface area contributed by atoms with Crippen molar-refractivity contribution in [2.75, 3.05) is 47.5 Å². The number of aromatic nitrogens is 1. The lowest BCUT2D eigenvalue weighted by atomic mass is 9.76. The second-order valence-electron chi connectivity index (χ2n) is 11.3. The molecule has 2 aliphatic heterocycles. The van der Waals surface area contributed by atoms with Crippen LogP contribution in [0, 0.1) is 17.2 Å². The lowest BCUT2D eigenvalue weighted by Crippen LogP contribution is -2.56. The summed E-state index contributed by atoms with van der Waals surface area (Å²) in [4.78, 5) is 22.8. The monoisotopic (exact) mass is 575 g/mol. The highest BCUT2D eigenvalue weighted by Crippen LogP contribution is 2.48. The van der Waals surface area contributed by atoms with Gasteiger partial charge in [-0.25, -0.2) is 22.2 Å². The van der Waals surface area contributed by atoms with Gasteiger partial charge in [-0.05, 0) is 43.4 Å². The minimum absolute atomic E-state index is 0.120. The first kappa shape index (κ1) is 26.4. The molecule has 1 aromatic heterocycles. The first-order valence-corrected chi connectivity index (χ1v) is 16.1. The zero-order valence-electron chi connectivity index (χ0n) is 21.5. The average Bonchev–Trinajstić information content (AvgIpc) is 3.54. The fourth-order valence-electron chi connectivity index (χ4n) is 5.85. The number of anilines is 2. The molecule has 0 bridgehead atoms. The molecule has 2 saturated carbocycles. The molecule has 2 aromatic rings. The molecule has 1 N–H and O–H groups in total. The molecular formula is C27H31F2N5O3S2. The van der Waals surface area contributed by atoms with E-state index in [1.165, 1.54) is 11.3 Å². The number of nitriles is 1. The van der Waals surface area contributed by atoms with Gasteiger partial charge < -0.3 is 15.1 Å². The molecule has 2 aliphatic carbocycles. The van der Waals surface area contributed by atoms with Gasteiger partial charge in [-0.15, -0.1) is 0 Å². The third kappa shape index (κ3) is 5.35. The molecule has 1 aromatic carbocycles. The Balaban J connectivity index is 1.30. The van der Waals surface area contributed by atoms with Crippen LogP contribution in [0.2, 0.25) is 0 Å². The summed E-state index contributed by atoms with van der Waals surface area (Å²) in [6.07, 6.45) is 4.66. The summed E-state index contributed by atoms with van der Waals surface area (Å²) in [7, 11) is -2.98. The number of hydrogen-bond donors (Lipinski definition) is 1. The van der Waals surface area contributed by atoms with Gasteiger partial charge in [0, 0.05) is 30.6 Å². The number of hydrogen-bond acceptors (Lipinski definition) is 8. The molecule has 3 heterocycles. The maximum atomic E-state index is 13.7. The van der Waals surface area contributed by atoms with E-state index in [-0.39, 0.29) is 42.3 Å². The van der Waals surface area contributed by atoms with Gasteiger partial charge in [-0.3, -0.25) is 4.79 Å². The predicted molar refractivity (Wildman–Crippen MR) is 146 cm³/mol. The van der Waals surface area contributed by atoms with E-state index >= 15 is 0 Å². The maximum absolute atomic E-state index is 13.7. The minimum Gasteiger partial charge on any atom is -0.369 e. The van der Waals surface area contributed by atoms with Crippen LogP contribution in [0.25, 0.3) is 10.4 Å². The Morgan fingerprint density at radius 3 is 2.36 bits per heavy atom. The lowest BCUT2D eigenvalue weighted by Gasteiger charge is -2.38. The topological polar surface area (TPSA) is 106 Å². The van der Waals surface area contributed by atoms with Crippen LogP contribution in [0.15, 0.2) is 24.3 Å². The van der Waals surface area contributed by atoms with Gasteiger partial charge in [0.2, 0.25) is 5.91 Å². The molecule has 0 unspecified atom stereocenters. The van der Waals surface area contributed by atoms with Crippen LogP contribution in [0.1, 0.15) is 50.1 Å². The SMILES string of the molecule is N#CC1(NC(=O)[C@@H]2CCCC[C@H]2c2nc(N3CC(F)(F)C3)sc2-c2ccc(N3CCS(=O)(=O)CC3)cc2)CC1. The van der Waals surface area contributed by atoms with Crippen molar-refractivity contribution in [3.8, 4) is 16.5 Å². The number of halogens is 2. The third-order valence-electron chi connectivity index (χ3n) is 8.38. The number of benzene rings is 1. The number of nitrogens with one attached hydrogen (secondary N) is 1. The largest absolute Gasteiger partial charge is 0.369 e. The molecule has 0 radical (unpaired) electrons. The van der Waals surface area contributed by atoms with Crippen LogP contribution >= 0.6 is 11.3 Å². The fraction of sp³-hybridized carbons (Fsp3) is 0.593. The molecule has 12 heteroatoms. The zero-order chi connectivity index (χ0) is 27.4. The zero-order valence-corrected chi connectivity index (χ0v) is 23.2. The van der Waals surface area contributed by atoms with Crippen molar-refractivity contribution in [2.45, 2.75) is 55.9 Å². The van der Waals surface area contributed by atoms with Crippen molar-refractivity contribution >= 4 is 37.9 Å². The van der Waals surface area contributed by atoms with Crippen molar-refractivity contribution < 1.29 is 22.0 Å². The molecule has 2 saturated heterocycles. The smallest absolute Gasteiger partial charge is 0.282 e. The Morgan fingerprint density at radius 1 is 1.08 bits per heavy atom. The maximum Gasteiger partial charge on any atom is 0.282 e. The highest BCUT2D eigenvalue weighted by molar-refractivity contribution is 7.91. The lowest BCUT2D eigenvalue weighted by molar-refractivity contribution is -0.127. The van der Waals surface area contributed by atoms with Crippen LogP contribution in [-0.2, 0) is 14.6 Å². The van der Waals surface area contributed by atoms with Gasteiger partial charge in [0.15, 0.2) is 15.0 Å². The summed E-state index contributed by atoms with van der Waals surface area (Å²) in [6.45, 7) is 0.165. The normalized spacial score (nSPS) is 26.8. The van der Waals surface area contributed by atoms with Crippen LogP contribution in [-0.4, -0.2) is 68.5 Å². The molecule has 1 amide bonds. The van der Waals surface area contributed by atoms with E-state index < -0.39 is 21.3 Å². The summed E-state index contributed by atoms with van der Waals surface area (Å²) < 4.78 is 51.1. The molecule has 2 atom stereocenters. The Bertz CT molecular complexity index is 1390. The number of nitrogens with zero attached hydrogens (tertiary/aromatic N) is 4. The first-order chi connectivity index (χ1) is 18.6. The number of alkyl halides is 2. The van der Waals surface area contributed by atoms with Crippen LogP contribution < -0.4 is 15.1 Å². The number of carbonyl (C=O) groups excluding carboxylic acids is 1. The van der Waals surface area contributed by atoms with Crippen molar-refractivity contribution in [3.63, 3.8) is 0 Å². The van der Waals surface area contributed by atoms with Gasteiger partial charge in [0.25, 0.3) is 5.92 Å². The Kier molecular flexibility index (Phi) is 6.57. The third-order valence-corrected chi connectivity index (χ3v) is 11.2. The van der Waals surface area contributed by atoms with Gasteiger partial charge in [-0.1, -0.05) is 36.3 Å². The van der Waals surface area contributed by atoms with Crippen molar-refractivity contribution in [1.82, 2.24) is 10.3 Å². The quantitative estimate of drug-likeness (QED) is 0.556. The van der Waals surface area contributed by atoms with Crippen LogP contribution in [0.5, 0.6) is 0 Å². The van der Waals surface area contributed by atoms with E-state index in [2.05, 4.69) is 16.3 Å². The Labute approximate surface area is 230 Å². The molecule has 39 heavy (non-hydrogen) atoms. The molecule has 8 nitrogen and oxygen atoms in total. The number of rotatable bonds is 6. The average molecular weight is 576 g/mol. The van der Waals surface area contributed by atoms with Gasteiger partial charge in [0.05, 0.1) is 41.2 Å². The second kappa shape index (κ2) is 9.70. The van der Waals surface area contributed by atoms with E-state index in [0.717, 1.165) is 41.1 Å². The number of sulfone groups is 1.